The predicted octanol–water partition coefficient (Wildman–Crippen LogP) is -0.930. The third-order valence-corrected chi connectivity index (χ3v) is 5.78. The number of aromatic nitrogens is 2. The minimum Gasteiger partial charge on any atom is -0.347 e. The van der Waals surface area contributed by atoms with Crippen molar-refractivity contribution in [3.63, 3.8) is 0 Å². The average molecular weight is 298 g/mol. The van der Waals surface area contributed by atoms with Crippen molar-refractivity contribution in [1.29, 1.82) is 0 Å². The van der Waals surface area contributed by atoms with Crippen LogP contribution in [-0.4, -0.2) is 59.3 Å². The Balaban J connectivity index is 1.71. The van der Waals surface area contributed by atoms with E-state index in [0.717, 1.165) is 11.4 Å². The van der Waals surface area contributed by atoms with E-state index >= 15 is 0 Å². The number of amides is 1. The van der Waals surface area contributed by atoms with Crippen LogP contribution in [0, 0.1) is 0 Å². The molecule has 20 heavy (non-hydrogen) atoms. The molecule has 2 N–H and O–H groups in total. The Morgan fingerprint density at radius 1 is 1.50 bits per heavy atom. The van der Waals surface area contributed by atoms with Gasteiger partial charge in [0, 0.05) is 25.6 Å². The zero-order valence-corrected chi connectivity index (χ0v) is 12.1. The molecule has 1 aromatic heterocycles. The summed E-state index contributed by atoms with van der Waals surface area (Å²) in [7, 11) is -3.00. The molecule has 0 aromatic carbocycles. The van der Waals surface area contributed by atoms with Gasteiger partial charge >= 0.3 is 0 Å². The maximum atomic E-state index is 12.5. The molecule has 110 valence electrons. The summed E-state index contributed by atoms with van der Waals surface area (Å²) in [4.78, 5) is 21.5. The highest BCUT2D eigenvalue weighted by molar-refractivity contribution is 7.91. The number of carbonyl (C=O) groups is 1. The van der Waals surface area contributed by atoms with Gasteiger partial charge in [-0.15, -0.1) is 0 Å². The first-order valence-corrected chi connectivity index (χ1v) is 8.54. The van der Waals surface area contributed by atoms with Crippen molar-refractivity contribution in [2.75, 3.05) is 18.1 Å². The van der Waals surface area contributed by atoms with Crippen LogP contribution >= 0.6 is 0 Å². The zero-order valence-electron chi connectivity index (χ0n) is 11.3. The van der Waals surface area contributed by atoms with E-state index in [1.54, 1.807) is 18.2 Å². The molecule has 8 heteroatoms. The minimum absolute atomic E-state index is 0.0268. The van der Waals surface area contributed by atoms with Crippen molar-refractivity contribution in [3.8, 4) is 0 Å². The van der Waals surface area contributed by atoms with Gasteiger partial charge in [0.25, 0.3) is 0 Å². The van der Waals surface area contributed by atoms with E-state index in [-0.39, 0.29) is 36.0 Å². The number of carbonyl (C=O) groups excluding carboxylic acids is 1. The second kappa shape index (κ2) is 4.85. The molecular weight excluding hydrogens is 280 g/mol. The van der Waals surface area contributed by atoms with Crippen LogP contribution in [0.5, 0.6) is 0 Å². The number of hydrogen-bond acceptors (Lipinski definition) is 5. The summed E-state index contributed by atoms with van der Waals surface area (Å²) < 4.78 is 23.1. The molecule has 0 spiro atoms. The zero-order chi connectivity index (χ0) is 14.3. The Morgan fingerprint density at radius 2 is 2.30 bits per heavy atom. The maximum Gasteiger partial charge on any atom is 0.240 e. The molecule has 0 aliphatic carbocycles. The first kappa shape index (κ1) is 13.6. The van der Waals surface area contributed by atoms with Gasteiger partial charge in [0.1, 0.15) is 0 Å². The summed E-state index contributed by atoms with van der Waals surface area (Å²) in [5.41, 5.74) is 1.93. The Morgan fingerprint density at radius 3 is 3.05 bits per heavy atom. The van der Waals surface area contributed by atoms with Crippen LogP contribution in [0.2, 0.25) is 0 Å². The van der Waals surface area contributed by atoms with Crippen LogP contribution in [0.15, 0.2) is 6.33 Å². The van der Waals surface area contributed by atoms with Crippen molar-refractivity contribution >= 4 is 15.7 Å². The molecule has 2 aliphatic heterocycles. The molecule has 3 heterocycles. The summed E-state index contributed by atoms with van der Waals surface area (Å²) in [6.45, 7) is 2.66. The van der Waals surface area contributed by atoms with Gasteiger partial charge in [-0.1, -0.05) is 0 Å². The highest BCUT2D eigenvalue weighted by Crippen LogP contribution is 2.17. The molecule has 2 atom stereocenters. The number of aromatic amines is 1. The van der Waals surface area contributed by atoms with Crippen molar-refractivity contribution in [3.05, 3.63) is 17.7 Å². The molecule has 2 aliphatic rings. The van der Waals surface area contributed by atoms with Crippen LogP contribution in [0.4, 0.5) is 0 Å². The highest BCUT2D eigenvalue weighted by Gasteiger charge is 2.36. The van der Waals surface area contributed by atoms with Gasteiger partial charge < -0.3 is 9.88 Å². The third kappa shape index (κ3) is 2.45. The van der Waals surface area contributed by atoms with Crippen molar-refractivity contribution < 1.29 is 13.2 Å². The standard InChI is InChI=1S/C12H18N4O3S/c1-8-6-20(18,19)3-2-16(8)12(17)10-4-9-11(5-13-10)15-7-14-9/h7-8,10,13H,2-6H2,1H3,(H,14,15). The minimum atomic E-state index is -3.00. The van der Waals surface area contributed by atoms with E-state index in [9.17, 15) is 13.2 Å². The lowest BCUT2D eigenvalue weighted by Gasteiger charge is -2.36. The fourth-order valence-electron chi connectivity index (χ4n) is 2.87. The van der Waals surface area contributed by atoms with E-state index in [0.29, 0.717) is 13.0 Å². The van der Waals surface area contributed by atoms with E-state index in [1.165, 1.54) is 0 Å². The van der Waals surface area contributed by atoms with Crippen LogP contribution in [0.3, 0.4) is 0 Å². The molecule has 1 fully saturated rings. The summed E-state index contributed by atoms with van der Waals surface area (Å²) in [5.74, 6) is 0.0869. The number of H-pyrrole nitrogens is 1. The third-order valence-electron chi connectivity index (χ3n) is 3.98. The summed E-state index contributed by atoms with van der Waals surface area (Å²) >= 11 is 0. The highest BCUT2D eigenvalue weighted by atomic mass is 32.2. The molecule has 0 saturated carbocycles. The smallest absolute Gasteiger partial charge is 0.240 e. The molecular formula is C12H18N4O3S. The largest absolute Gasteiger partial charge is 0.347 e. The number of nitrogens with zero attached hydrogens (tertiary/aromatic N) is 2. The first-order chi connectivity index (χ1) is 9.46. The van der Waals surface area contributed by atoms with Gasteiger partial charge in [-0.3, -0.25) is 10.1 Å². The van der Waals surface area contributed by atoms with Gasteiger partial charge in [0.05, 0.1) is 35.3 Å². The lowest BCUT2D eigenvalue weighted by atomic mass is 10.0. The number of fused-ring (bicyclic) bond motifs is 1. The normalized spacial score (nSPS) is 28.9. The summed E-state index contributed by atoms with van der Waals surface area (Å²) in [6, 6.07) is -0.572. The lowest BCUT2D eigenvalue weighted by molar-refractivity contribution is -0.135. The van der Waals surface area contributed by atoms with Gasteiger partial charge in [-0.2, -0.15) is 0 Å². The van der Waals surface area contributed by atoms with E-state index < -0.39 is 9.84 Å². The van der Waals surface area contributed by atoms with Gasteiger partial charge in [-0.25, -0.2) is 13.4 Å². The first-order valence-electron chi connectivity index (χ1n) is 6.72. The van der Waals surface area contributed by atoms with Crippen LogP contribution < -0.4 is 5.32 Å². The van der Waals surface area contributed by atoms with Gasteiger partial charge in [0.15, 0.2) is 9.84 Å². The molecule has 0 bridgehead atoms. The van der Waals surface area contributed by atoms with Crippen LogP contribution in [0.25, 0.3) is 0 Å². The number of hydrogen-bond donors (Lipinski definition) is 2. The number of nitrogens with one attached hydrogen (secondary N) is 2. The second-order valence-corrected chi connectivity index (χ2v) is 7.69. The van der Waals surface area contributed by atoms with Crippen LogP contribution in [-0.2, 0) is 27.6 Å². The molecule has 1 aromatic rings. The SMILES string of the molecule is CC1CS(=O)(=O)CCN1C(=O)C1Cc2nc[nH]c2CN1. The Hall–Kier alpha value is -1.41. The molecule has 3 rings (SSSR count). The summed E-state index contributed by atoms with van der Waals surface area (Å²) in [5, 5.41) is 3.19. The van der Waals surface area contributed by atoms with Crippen molar-refractivity contribution in [1.82, 2.24) is 20.2 Å². The number of rotatable bonds is 1. The Labute approximate surface area is 117 Å². The Kier molecular flexibility index (Phi) is 3.29. The Bertz CT molecular complexity index is 624. The van der Waals surface area contributed by atoms with E-state index in [2.05, 4.69) is 15.3 Å². The fourth-order valence-corrected chi connectivity index (χ4v) is 4.43. The summed E-state index contributed by atoms with van der Waals surface area (Å²) in [6.07, 6.45) is 2.18. The van der Waals surface area contributed by atoms with Crippen molar-refractivity contribution in [2.45, 2.75) is 32.0 Å². The molecule has 1 amide bonds. The van der Waals surface area contributed by atoms with Gasteiger partial charge in [-0.05, 0) is 6.92 Å². The lowest BCUT2D eigenvalue weighted by Crippen LogP contribution is -2.56. The monoisotopic (exact) mass is 298 g/mol. The maximum absolute atomic E-state index is 12.5. The molecule has 1 saturated heterocycles. The average Bonchev–Trinajstić information content (AvgIpc) is 2.84. The topological polar surface area (TPSA) is 95.2 Å². The van der Waals surface area contributed by atoms with E-state index in [4.69, 9.17) is 0 Å². The quantitative estimate of drug-likeness (QED) is 0.698. The number of imidazole rings is 1. The fraction of sp³-hybridized carbons (Fsp3) is 0.667. The molecule has 2 unspecified atom stereocenters. The van der Waals surface area contributed by atoms with Crippen LogP contribution in [0.1, 0.15) is 18.3 Å². The number of sulfone groups is 1. The van der Waals surface area contributed by atoms with Gasteiger partial charge in [0.2, 0.25) is 5.91 Å². The predicted molar refractivity (Wildman–Crippen MR) is 72.7 cm³/mol. The molecule has 0 radical (unpaired) electrons. The van der Waals surface area contributed by atoms with E-state index in [1.807, 2.05) is 0 Å². The van der Waals surface area contributed by atoms with Crippen molar-refractivity contribution in [2.24, 2.45) is 0 Å². The second-order valence-electron chi connectivity index (χ2n) is 5.46. The molecule has 7 nitrogen and oxygen atoms in total.